The van der Waals surface area contributed by atoms with E-state index in [0.717, 1.165) is 9.88 Å². The van der Waals surface area contributed by atoms with Crippen LogP contribution in [-0.2, 0) is 6.54 Å². The highest BCUT2D eigenvalue weighted by Gasteiger charge is 2.11. The summed E-state index contributed by atoms with van der Waals surface area (Å²) < 4.78 is 0. The van der Waals surface area contributed by atoms with Crippen LogP contribution in [0.1, 0.15) is 20.2 Å². The van der Waals surface area contributed by atoms with Crippen molar-refractivity contribution in [1.82, 2.24) is 15.3 Å². The molecule has 5 nitrogen and oxygen atoms in total. The second kappa shape index (κ2) is 5.59. The summed E-state index contributed by atoms with van der Waals surface area (Å²) in [5.41, 5.74) is 0.535. The molecule has 0 radical (unpaired) electrons. The molecule has 0 aromatic carbocycles. The minimum Gasteiger partial charge on any atom is -0.372 e. The Morgan fingerprint density at radius 2 is 2.28 bits per heavy atom. The molecule has 0 aliphatic carbocycles. The molecule has 2 aromatic rings. The zero-order valence-corrected chi connectivity index (χ0v) is 11.0. The van der Waals surface area contributed by atoms with Gasteiger partial charge in [0.05, 0.1) is 12.1 Å². The first-order valence-corrected chi connectivity index (χ1v) is 6.34. The van der Waals surface area contributed by atoms with Crippen LogP contribution in [0.3, 0.4) is 0 Å². The van der Waals surface area contributed by atoms with Crippen LogP contribution in [0, 0.1) is 6.92 Å². The number of amides is 1. The van der Waals surface area contributed by atoms with E-state index in [-0.39, 0.29) is 5.91 Å². The highest BCUT2D eigenvalue weighted by atomic mass is 32.1. The molecule has 94 valence electrons. The van der Waals surface area contributed by atoms with Crippen molar-refractivity contribution < 1.29 is 4.79 Å². The van der Waals surface area contributed by atoms with Gasteiger partial charge in [0.15, 0.2) is 0 Å². The average Bonchev–Trinajstić information content (AvgIpc) is 2.81. The van der Waals surface area contributed by atoms with Crippen LogP contribution in [0.15, 0.2) is 24.5 Å². The van der Waals surface area contributed by atoms with Crippen molar-refractivity contribution in [3.8, 4) is 0 Å². The fourth-order valence-corrected chi connectivity index (χ4v) is 2.25. The number of thiazole rings is 1. The fourth-order valence-electron chi connectivity index (χ4n) is 1.52. The van der Waals surface area contributed by atoms with E-state index in [9.17, 15) is 4.79 Å². The Morgan fingerprint density at radius 3 is 2.94 bits per heavy atom. The van der Waals surface area contributed by atoms with Gasteiger partial charge in [0.2, 0.25) is 0 Å². The summed E-state index contributed by atoms with van der Waals surface area (Å²) in [6.07, 6.45) is 3.45. The van der Waals surface area contributed by atoms with E-state index >= 15 is 0 Å². The Balaban J connectivity index is 2.03. The Hall–Kier alpha value is -1.95. The lowest BCUT2D eigenvalue weighted by Gasteiger charge is -2.07. The number of carbonyl (C=O) groups is 1. The van der Waals surface area contributed by atoms with Gasteiger partial charge in [0, 0.05) is 24.3 Å². The van der Waals surface area contributed by atoms with Crippen molar-refractivity contribution in [2.75, 3.05) is 12.4 Å². The van der Waals surface area contributed by atoms with E-state index in [1.54, 1.807) is 42.9 Å². The van der Waals surface area contributed by atoms with Gasteiger partial charge in [0.25, 0.3) is 5.91 Å². The lowest BCUT2D eigenvalue weighted by molar-refractivity contribution is 0.0951. The molecule has 2 aromatic heterocycles. The molecular formula is C12H14N4OS. The second-order valence-corrected chi connectivity index (χ2v) is 5.02. The lowest BCUT2D eigenvalue weighted by atomic mass is 10.2. The molecule has 2 heterocycles. The van der Waals surface area contributed by atoms with E-state index in [0.29, 0.717) is 17.9 Å². The molecular weight excluding hydrogens is 248 g/mol. The smallest absolute Gasteiger partial charge is 0.255 e. The maximum atomic E-state index is 12.0. The van der Waals surface area contributed by atoms with Gasteiger partial charge in [-0.25, -0.2) is 9.97 Å². The van der Waals surface area contributed by atoms with Gasteiger partial charge in [-0.1, -0.05) is 0 Å². The van der Waals surface area contributed by atoms with Crippen LogP contribution >= 0.6 is 11.3 Å². The number of carbonyl (C=O) groups excluding carboxylic acids is 1. The quantitative estimate of drug-likeness (QED) is 0.882. The summed E-state index contributed by atoms with van der Waals surface area (Å²) >= 11 is 1.58. The predicted molar refractivity (Wildman–Crippen MR) is 71.8 cm³/mol. The van der Waals surface area contributed by atoms with Gasteiger partial charge in [-0.15, -0.1) is 11.3 Å². The largest absolute Gasteiger partial charge is 0.372 e. The number of nitrogens with one attached hydrogen (secondary N) is 2. The van der Waals surface area contributed by atoms with E-state index in [2.05, 4.69) is 20.6 Å². The van der Waals surface area contributed by atoms with Crippen molar-refractivity contribution in [3.63, 3.8) is 0 Å². The number of rotatable bonds is 4. The molecule has 0 spiro atoms. The van der Waals surface area contributed by atoms with E-state index in [1.165, 1.54) is 0 Å². The van der Waals surface area contributed by atoms with E-state index in [1.807, 2.05) is 6.92 Å². The summed E-state index contributed by atoms with van der Waals surface area (Å²) in [4.78, 5) is 21.4. The molecule has 1 amide bonds. The van der Waals surface area contributed by atoms with E-state index in [4.69, 9.17) is 0 Å². The Labute approximate surface area is 109 Å². The lowest BCUT2D eigenvalue weighted by Crippen LogP contribution is -2.23. The standard InChI is InChI=1S/C12H14N4OS/c1-8-6-15-10(18-8)7-16-12(17)9-4-3-5-14-11(9)13-2/h3-6H,7H2,1-2H3,(H,13,14)(H,16,17). The molecule has 0 fully saturated rings. The first-order valence-electron chi connectivity index (χ1n) is 5.53. The minimum absolute atomic E-state index is 0.152. The Bertz CT molecular complexity index is 553. The molecule has 2 N–H and O–H groups in total. The molecule has 0 bridgehead atoms. The monoisotopic (exact) mass is 262 g/mol. The maximum absolute atomic E-state index is 12.0. The molecule has 0 unspecified atom stereocenters. The topological polar surface area (TPSA) is 66.9 Å². The van der Waals surface area contributed by atoms with Crippen molar-refractivity contribution in [1.29, 1.82) is 0 Å². The third-order valence-corrected chi connectivity index (χ3v) is 3.27. The minimum atomic E-state index is -0.152. The third kappa shape index (κ3) is 2.84. The number of aryl methyl sites for hydroxylation is 1. The van der Waals surface area contributed by atoms with Gasteiger partial charge in [0.1, 0.15) is 10.8 Å². The van der Waals surface area contributed by atoms with Crippen LogP contribution < -0.4 is 10.6 Å². The van der Waals surface area contributed by atoms with Gasteiger partial charge in [-0.3, -0.25) is 4.79 Å². The molecule has 6 heteroatoms. The number of hydrogen-bond donors (Lipinski definition) is 2. The summed E-state index contributed by atoms with van der Waals surface area (Å²) in [7, 11) is 1.74. The summed E-state index contributed by atoms with van der Waals surface area (Å²) in [5.74, 6) is 0.422. The normalized spacial score (nSPS) is 10.1. The number of nitrogens with zero attached hydrogens (tertiary/aromatic N) is 2. The van der Waals surface area contributed by atoms with Crippen LogP contribution in [0.5, 0.6) is 0 Å². The zero-order valence-electron chi connectivity index (χ0n) is 10.2. The van der Waals surface area contributed by atoms with Crippen molar-refractivity contribution in [3.05, 3.63) is 40.0 Å². The zero-order chi connectivity index (χ0) is 13.0. The number of anilines is 1. The molecule has 0 saturated heterocycles. The van der Waals surface area contributed by atoms with Crippen molar-refractivity contribution in [2.24, 2.45) is 0 Å². The maximum Gasteiger partial charge on any atom is 0.255 e. The predicted octanol–water partition coefficient (Wildman–Crippen LogP) is 1.82. The number of pyridine rings is 1. The highest BCUT2D eigenvalue weighted by Crippen LogP contribution is 2.13. The van der Waals surface area contributed by atoms with Gasteiger partial charge in [-0.05, 0) is 19.1 Å². The summed E-state index contributed by atoms with van der Waals surface area (Å²) in [6, 6.07) is 3.48. The number of hydrogen-bond acceptors (Lipinski definition) is 5. The first kappa shape index (κ1) is 12.5. The average molecular weight is 262 g/mol. The summed E-state index contributed by atoms with van der Waals surface area (Å²) in [6.45, 7) is 2.43. The molecule has 18 heavy (non-hydrogen) atoms. The Kier molecular flexibility index (Phi) is 3.88. The molecule has 0 aliphatic heterocycles. The van der Waals surface area contributed by atoms with Crippen molar-refractivity contribution in [2.45, 2.75) is 13.5 Å². The van der Waals surface area contributed by atoms with Gasteiger partial charge < -0.3 is 10.6 Å². The molecule has 0 aliphatic rings. The fraction of sp³-hybridized carbons (Fsp3) is 0.250. The van der Waals surface area contributed by atoms with Gasteiger partial charge >= 0.3 is 0 Å². The van der Waals surface area contributed by atoms with E-state index < -0.39 is 0 Å². The molecule has 0 saturated carbocycles. The SMILES string of the molecule is CNc1ncccc1C(=O)NCc1ncc(C)s1. The van der Waals surface area contributed by atoms with Crippen LogP contribution in [0.25, 0.3) is 0 Å². The second-order valence-electron chi connectivity index (χ2n) is 3.70. The van der Waals surface area contributed by atoms with Crippen LogP contribution in [-0.4, -0.2) is 22.9 Å². The number of aromatic nitrogens is 2. The molecule has 2 rings (SSSR count). The van der Waals surface area contributed by atoms with Crippen molar-refractivity contribution >= 4 is 23.1 Å². The third-order valence-electron chi connectivity index (χ3n) is 2.36. The first-order chi connectivity index (χ1) is 8.70. The van der Waals surface area contributed by atoms with Gasteiger partial charge in [-0.2, -0.15) is 0 Å². The highest BCUT2D eigenvalue weighted by molar-refractivity contribution is 7.11. The molecule has 0 atom stereocenters. The van der Waals surface area contributed by atoms with Crippen LogP contribution in [0.2, 0.25) is 0 Å². The van der Waals surface area contributed by atoms with Crippen LogP contribution in [0.4, 0.5) is 5.82 Å². The summed E-state index contributed by atoms with van der Waals surface area (Å²) in [5, 5.41) is 6.62. The Morgan fingerprint density at radius 1 is 1.44 bits per heavy atom.